The van der Waals surface area contributed by atoms with E-state index in [1.54, 1.807) is 38.1 Å². The number of carbonyl (C=O) groups is 3. The summed E-state index contributed by atoms with van der Waals surface area (Å²) >= 11 is 0. The maximum atomic E-state index is 13.4. The summed E-state index contributed by atoms with van der Waals surface area (Å²) < 4.78 is 16.9. The van der Waals surface area contributed by atoms with Crippen LogP contribution in [0, 0.1) is 6.92 Å². The molecule has 0 aliphatic carbocycles. The van der Waals surface area contributed by atoms with Crippen molar-refractivity contribution in [3.05, 3.63) is 65.0 Å². The van der Waals surface area contributed by atoms with Gasteiger partial charge in [-0.1, -0.05) is 26.0 Å². The number of nitrogens with two attached hydrogens (primary N) is 3. The highest BCUT2D eigenvalue weighted by Crippen LogP contribution is 2.32. The molecule has 5 aromatic rings. The molecule has 0 aliphatic rings. The highest BCUT2D eigenvalue weighted by molar-refractivity contribution is 6.04. The molecule has 0 atom stereocenters. The van der Waals surface area contributed by atoms with Crippen LogP contribution in [0.3, 0.4) is 0 Å². The molecule has 16 heteroatoms. The zero-order valence-electron chi connectivity index (χ0n) is 30.3. The summed E-state index contributed by atoms with van der Waals surface area (Å²) in [6.07, 6.45) is 5.30. The average molecular weight is 704 g/mol. The molecular formula is C35H49N11O5. The molecule has 0 aliphatic heterocycles. The van der Waals surface area contributed by atoms with Crippen LogP contribution in [0.4, 0.5) is 11.9 Å². The summed E-state index contributed by atoms with van der Waals surface area (Å²) in [5.41, 5.74) is 20.3. The van der Waals surface area contributed by atoms with E-state index >= 15 is 0 Å². The third-order valence-electron chi connectivity index (χ3n) is 7.54. The number of nitrogens with one attached hydrogen (secondary N) is 2. The van der Waals surface area contributed by atoms with Gasteiger partial charge in [0.1, 0.15) is 34.5 Å². The summed E-state index contributed by atoms with van der Waals surface area (Å²) in [6, 6.07) is 8.15. The van der Waals surface area contributed by atoms with Gasteiger partial charge in [0.2, 0.25) is 17.8 Å². The standard InChI is InChI=1S/C32H38N10O5.C2H6.CH5N/c1-5-42-24(13-19(2)39-42)30(45)38-32-37-23-16-21(29(33)44)17-25(46-4)27(23)41(32)11-7-6-10-40-28-22(36-31(40)34)14-20(18-43)15-26(28)47-12-8-9-35-3;2*1-2/h6-7,13-18,35H,5,8-12H2,1-4H3,(H2,33,44)(H2,34,36)(H,37,38,45);1-2H3;2H2,1H3/b7-6+;;. The summed E-state index contributed by atoms with van der Waals surface area (Å²) in [4.78, 5) is 46.1. The van der Waals surface area contributed by atoms with Crippen LogP contribution >= 0.6 is 0 Å². The molecule has 0 saturated carbocycles. The lowest BCUT2D eigenvalue weighted by molar-refractivity contribution is 0.0995. The van der Waals surface area contributed by atoms with Gasteiger partial charge in [0, 0.05) is 30.8 Å². The summed E-state index contributed by atoms with van der Waals surface area (Å²) in [7, 11) is 4.85. The Kier molecular flexibility index (Phi) is 14.7. The number of hydrogen-bond acceptors (Lipinski definition) is 11. The molecule has 0 radical (unpaired) electrons. The van der Waals surface area contributed by atoms with E-state index in [9.17, 15) is 14.4 Å². The van der Waals surface area contributed by atoms with E-state index in [1.807, 2.05) is 46.9 Å². The number of rotatable bonds is 15. The number of nitrogen functional groups attached to an aromatic ring is 1. The first-order chi connectivity index (χ1) is 24.7. The van der Waals surface area contributed by atoms with Gasteiger partial charge in [-0.15, -0.1) is 0 Å². The second kappa shape index (κ2) is 18.9. The number of benzene rings is 2. The SMILES string of the molecule is CC.CCn1nc(C)cc1C(=O)Nc1nc2cc(C(N)=O)cc(OC)c2n1C/C=C/Cn1c(N)nc2cc(C=O)cc(OCCCNC)c21.CN. The highest BCUT2D eigenvalue weighted by atomic mass is 16.5. The van der Waals surface area contributed by atoms with Crippen molar-refractivity contribution in [1.82, 2.24) is 34.2 Å². The molecule has 16 nitrogen and oxygen atoms in total. The normalized spacial score (nSPS) is 10.8. The minimum Gasteiger partial charge on any atom is -0.494 e. The van der Waals surface area contributed by atoms with Gasteiger partial charge in [0.15, 0.2) is 0 Å². The van der Waals surface area contributed by atoms with Crippen LogP contribution in [0.2, 0.25) is 0 Å². The van der Waals surface area contributed by atoms with Crippen molar-refractivity contribution in [2.24, 2.45) is 11.5 Å². The largest absolute Gasteiger partial charge is 0.494 e. The molecule has 0 saturated heterocycles. The van der Waals surface area contributed by atoms with Crippen molar-refractivity contribution >= 4 is 52.1 Å². The first kappa shape index (κ1) is 39.7. The monoisotopic (exact) mass is 703 g/mol. The molecule has 0 fully saturated rings. The second-order valence-electron chi connectivity index (χ2n) is 10.8. The summed E-state index contributed by atoms with van der Waals surface area (Å²) in [5, 5.41) is 10.4. The number of allylic oxidation sites excluding steroid dienone is 2. The molecule has 274 valence electrons. The van der Waals surface area contributed by atoms with Crippen LogP contribution in [0.5, 0.6) is 11.5 Å². The number of carbonyl (C=O) groups excluding carboxylic acids is 3. The Morgan fingerprint density at radius 2 is 1.63 bits per heavy atom. The minimum absolute atomic E-state index is 0.219. The molecule has 3 aromatic heterocycles. The fraction of sp³-hybridized carbons (Fsp3) is 0.371. The van der Waals surface area contributed by atoms with Gasteiger partial charge in [-0.05, 0) is 71.2 Å². The van der Waals surface area contributed by atoms with Crippen LogP contribution in [0.15, 0.2) is 42.5 Å². The van der Waals surface area contributed by atoms with Crippen molar-refractivity contribution in [3.8, 4) is 11.5 Å². The summed E-state index contributed by atoms with van der Waals surface area (Å²) in [5.74, 6) is 0.350. The van der Waals surface area contributed by atoms with Gasteiger partial charge < -0.3 is 41.1 Å². The number of fused-ring (bicyclic) bond motifs is 2. The average Bonchev–Trinajstić information content (AvgIpc) is 3.80. The highest BCUT2D eigenvalue weighted by Gasteiger charge is 2.21. The van der Waals surface area contributed by atoms with Crippen LogP contribution in [-0.4, -0.2) is 81.3 Å². The number of aryl methyl sites for hydroxylation is 2. The number of nitrogens with zero attached hydrogens (tertiary/aromatic N) is 6. The minimum atomic E-state index is -0.636. The molecule has 2 aromatic carbocycles. The number of anilines is 2. The molecular weight excluding hydrogens is 654 g/mol. The van der Waals surface area contributed by atoms with E-state index < -0.39 is 11.8 Å². The lowest BCUT2D eigenvalue weighted by atomic mass is 10.1. The van der Waals surface area contributed by atoms with E-state index in [2.05, 4.69) is 31.4 Å². The molecule has 2 amide bonds. The van der Waals surface area contributed by atoms with Crippen molar-refractivity contribution < 1.29 is 23.9 Å². The lowest BCUT2D eigenvalue weighted by Crippen LogP contribution is -2.20. The predicted molar refractivity (Wildman–Crippen MR) is 200 cm³/mol. The van der Waals surface area contributed by atoms with Gasteiger partial charge in [-0.25, -0.2) is 9.97 Å². The lowest BCUT2D eigenvalue weighted by Gasteiger charge is -2.12. The Morgan fingerprint density at radius 1 is 0.961 bits per heavy atom. The van der Waals surface area contributed by atoms with Crippen LogP contribution in [0.25, 0.3) is 22.1 Å². The van der Waals surface area contributed by atoms with Crippen molar-refractivity contribution in [1.29, 1.82) is 0 Å². The first-order valence-electron chi connectivity index (χ1n) is 16.7. The van der Waals surface area contributed by atoms with Crippen LogP contribution in [-0.2, 0) is 19.6 Å². The summed E-state index contributed by atoms with van der Waals surface area (Å²) in [6.45, 7) is 10.0. The Hall–Kier alpha value is -5.74. The number of primary amides is 1. The van der Waals surface area contributed by atoms with E-state index in [1.165, 1.54) is 20.2 Å². The molecule has 5 rings (SSSR count). The van der Waals surface area contributed by atoms with Gasteiger partial charge in [0.25, 0.3) is 5.91 Å². The van der Waals surface area contributed by atoms with E-state index in [-0.39, 0.29) is 24.0 Å². The zero-order valence-corrected chi connectivity index (χ0v) is 30.3. The fourth-order valence-electron chi connectivity index (χ4n) is 5.36. The molecule has 8 N–H and O–H groups in total. The van der Waals surface area contributed by atoms with Gasteiger partial charge in [-0.2, -0.15) is 5.10 Å². The molecule has 0 spiro atoms. The third-order valence-corrected chi connectivity index (χ3v) is 7.54. The predicted octanol–water partition coefficient (Wildman–Crippen LogP) is 3.51. The van der Waals surface area contributed by atoms with Gasteiger partial charge in [-0.3, -0.25) is 24.4 Å². The molecule has 51 heavy (non-hydrogen) atoms. The van der Waals surface area contributed by atoms with E-state index in [0.29, 0.717) is 70.2 Å². The van der Waals surface area contributed by atoms with Crippen molar-refractivity contribution in [2.45, 2.75) is 53.8 Å². The Labute approximate surface area is 297 Å². The fourth-order valence-corrected chi connectivity index (χ4v) is 5.36. The Bertz CT molecular complexity index is 1990. The number of methoxy groups -OCH3 is 1. The van der Waals surface area contributed by atoms with Crippen molar-refractivity contribution in [2.75, 3.05) is 45.4 Å². The number of hydrogen-bond donors (Lipinski definition) is 5. The zero-order chi connectivity index (χ0) is 37.7. The number of aldehydes is 1. The molecule has 3 heterocycles. The van der Waals surface area contributed by atoms with Gasteiger partial charge >= 0.3 is 0 Å². The first-order valence-corrected chi connectivity index (χ1v) is 16.7. The van der Waals surface area contributed by atoms with Crippen LogP contribution in [0.1, 0.15) is 64.1 Å². The Morgan fingerprint density at radius 3 is 2.25 bits per heavy atom. The quantitative estimate of drug-likeness (QED) is 0.0602. The topological polar surface area (TPSA) is 225 Å². The van der Waals surface area contributed by atoms with Crippen molar-refractivity contribution in [3.63, 3.8) is 0 Å². The number of amides is 2. The van der Waals surface area contributed by atoms with E-state index in [0.717, 1.165) is 19.3 Å². The number of aromatic nitrogens is 6. The molecule has 0 unspecified atom stereocenters. The van der Waals surface area contributed by atoms with Gasteiger partial charge in [0.05, 0.1) is 30.4 Å². The maximum absolute atomic E-state index is 13.4. The number of ether oxygens (including phenoxy) is 2. The third kappa shape index (κ3) is 9.09. The number of imidazole rings is 2. The Balaban J connectivity index is 0.00000169. The van der Waals surface area contributed by atoms with Crippen LogP contribution < -0.4 is 37.3 Å². The van der Waals surface area contributed by atoms with E-state index in [4.69, 9.17) is 20.9 Å². The maximum Gasteiger partial charge on any atom is 0.276 e. The second-order valence-corrected chi connectivity index (χ2v) is 10.8. The smallest absolute Gasteiger partial charge is 0.276 e. The molecule has 0 bridgehead atoms.